The number of benzene rings is 1. The second kappa shape index (κ2) is 7.14. The molecule has 1 aliphatic heterocycles. The highest BCUT2D eigenvalue weighted by atomic mass is 19.1. The van der Waals surface area contributed by atoms with Gasteiger partial charge in [-0.15, -0.1) is 5.10 Å². The summed E-state index contributed by atoms with van der Waals surface area (Å²) >= 11 is 0. The van der Waals surface area contributed by atoms with Crippen molar-refractivity contribution in [2.45, 2.75) is 19.4 Å². The smallest absolute Gasteiger partial charge is 0.155 e. The van der Waals surface area contributed by atoms with E-state index in [-0.39, 0.29) is 11.4 Å². The summed E-state index contributed by atoms with van der Waals surface area (Å²) in [5, 5.41) is 16.4. The van der Waals surface area contributed by atoms with E-state index in [1.165, 1.54) is 12.1 Å². The van der Waals surface area contributed by atoms with Crippen LogP contribution in [0.15, 0.2) is 54.9 Å². The van der Waals surface area contributed by atoms with Crippen LogP contribution in [0.5, 0.6) is 0 Å². The van der Waals surface area contributed by atoms with Gasteiger partial charge in [0, 0.05) is 36.3 Å². The fraction of sp³-hybridized carbons (Fsp3) is 0.273. The van der Waals surface area contributed by atoms with Gasteiger partial charge in [0.15, 0.2) is 5.65 Å². The number of hydrogen-bond acceptors (Lipinski definition) is 6. The first-order chi connectivity index (χ1) is 14.5. The van der Waals surface area contributed by atoms with Gasteiger partial charge < -0.3 is 10.2 Å². The minimum Gasteiger partial charge on any atom is -0.352 e. The summed E-state index contributed by atoms with van der Waals surface area (Å²) < 4.78 is 15.3. The van der Waals surface area contributed by atoms with E-state index >= 15 is 0 Å². The summed E-state index contributed by atoms with van der Waals surface area (Å²) in [6.07, 6.45) is 3.34. The summed E-state index contributed by atoms with van der Waals surface area (Å²) in [4.78, 5) is 7.08. The first-order valence-electron chi connectivity index (χ1n) is 9.93. The molecule has 0 spiro atoms. The lowest BCUT2D eigenvalue weighted by Crippen LogP contribution is -2.57. The Kier molecular flexibility index (Phi) is 4.43. The third kappa shape index (κ3) is 3.39. The Bertz CT molecular complexity index is 1190. The number of nitrogens with zero attached hydrogens (tertiary/aromatic N) is 6. The molecular formula is C22H22FN7. The number of halogens is 1. The predicted octanol–water partition coefficient (Wildman–Crippen LogP) is 3.18. The number of piperazine rings is 1. The zero-order valence-electron chi connectivity index (χ0n) is 16.9. The maximum absolute atomic E-state index is 13.5. The molecule has 8 heteroatoms. The van der Waals surface area contributed by atoms with Gasteiger partial charge in [-0.2, -0.15) is 10.2 Å². The highest BCUT2D eigenvalue weighted by Crippen LogP contribution is 2.32. The molecule has 5 rings (SSSR count). The minimum absolute atomic E-state index is 0.0148. The standard InChI is InChI=1S/C22H22FN7/c1-22(2)14-29(12-11-24-22)19-8-7-18-27-20(15-3-5-17(23)6-4-15)21(30(18)28-19)16-9-10-25-26-13-16/h3-10,13,24H,11-12,14H2,1-2H3. The highest BCUT2D eigenvalue weighted by molar-refractivity contribution is 5.81. The zero-order valence-corrected chi connectivity index (χ0v) is 16.9. The molecule has 4 heterocycles. The Hall–Kier alpha value is -3.39. The molecule has 1 N–H and O–H groups in total. The lowest BCUT2D eigenvalue weighted by Gasteiger charge is -2.39. The number of hydrogen-bond donors (Lipinski definition) is 1. The maximum atomic E-state index is 13.5. The molecule has 0 bridgehead atoms. The average Bonchev–Trinajstić information content (AvgIpc) is 3.13. The second-order valence-corrected chi connectivity index (χ2v) is 8.14. The van der Waals surface area contributed by atoms with Gasteiger partial charge >= 0.3 is 0 Å². The van der Waals surface area contributed by atoms with Crippen molar-refractivity contribution in [3.05, 3.63) is 60.7 Å². The molecule has 0 amide bonds. The van der Waals surface area contributed by atoms with Crippen LogP contribution in [0.3, 0.4) is 0 Å². The summed E-state index contributed by atoms with van der Waals surface area (Å²) in [6, 6.07) is 12.2. The summed E-state index contributed by atoms with van der Waals surface area (Å²) in [5.41, 5.74) is 3.94. The van der Waals surface area contributed by atoms with Crippen LogP contribution in [-0.4, -0.2) is 50.0 Å². The van der Waals surface area contributed by atoms with Gasteiger partial charge in [-0.1, -0.05) is 0 Å². The van der Waals surface area contributed by atoms with E-state index in [2.05, 4.69) is 34.3 Å². The lowest BCUT2D eigenvalue weighted by atomic mass is 10.0. The van der Waals surface area contributed by atoms with Crippen LogP contribution in [0, 0.1) is 5.82 Å². The second-order valence-electron chi connectivity index (χ2n) is 8.14. The molecule has 4 aromatic rings. The van der Waals surface area contributed by atoms with Crippen LogP contribution in [-0.2, 0) is 0 Å². The van der Waals surface area contributed by atoms with E-state index < -0.39 is 0 Å². The number of nitrogens with one attached hydrogen (secondary N) is 1. The number of anilines is 1. The molecule has 152 valence electrons. The van der Waals surface area contributed by atoms with Crippen LogP contribution in [0.25, 0.3) is 28.2 Å². The summed E-state index contributed by atoms with van der Waals surface area (Å²) in [6.45, 7) is 7.02. The molecule has 3 aromatic heterocycles. The van der Waals surface area contributed by atoms with Crippen molar-refractivity contribution in [1.82, 2.24) is 30.1 Å². The Morgan fingerprint density at radius 3 is 2.57 bits per heavy atom. The van der Waals surface area contributed by atoms with Crippen LogP contribution in [0.2, 0.25) is 0 Å². The molecule has 0 radical (unpaired) electrons. The predicted molar refractivity (Wildman–Crippen MR) is 114 cm³/mol. The van der Waals surface area contributed by atoms with Crippen molar-refractivity contribution in [3.63, 3.8) is 0 Å². The lowest BCUT2D eigenvalue weighted by molar-refractivity contribution is 0.351. The largest absolute Gasteiger partial charge is 0.352 e. The maximum Gasteiger partial charge on any atom is 0.155 e. The van der Waals surface area contributed by atoms with Gasteiger partial charge in [-0.05, 0) is 56.3 Å². The Balaban J connectivity index is 1.68. The van der Waals surface area contributed by atoms with Gasteiger partial charge in [0.25, 0.3) is 0 Å². The Labute approximate surface area is 173 Å². The summed E-state index contributed by atoms with van der Waals surface area (Å²) in [7, 11) is 0. The van der Waals surface area contributed by atoms with Crippen LogP contribution < -0.4 is 10.2 Å². The zero-order chi connectivity index (χ0) is 20.7. The quantitative estimate of drug-likeness (QED) is 0.567. The van der Waals surface area contributed by atoms with E-state index in [0.29, 0.717) is 0 Å². The summed E-state index contributed by atoms with van der Waals surface area (Å²) in [5.74, 6) is 0.611. The first kappa shape index (κ1) is 18.6. The topological polar surface area (TPSA) is 71.2 Å². The first-order valence-corrected chi connectivity index (χ1v) is 9.93. The average molecular weight is 403 g/mol. The van der Waals surface area contributed by atoms with Crippen molar-refractivity contribution in [3.8, 4) is 22.5 Å². The minimum atomic E-state index is -0.281. The fourth-order valence-corrected chi connectivity index (χ4v) is 3.93. The Morgan fingerprint density at radius 2 is 1.83 bits per heavy atom. The molecule has 0 atom stereocenters. The van der Waals surface area contributed by atoms with Gasteiger partial charge in [0.2, 0.25) is 0 Å². The third-order valence-corrected chi connectivity index (χ3v) is 5.33. The van der Waals surface area contributed by atoms with Gasteiger partial charge in [-0.25, -0.2) is 13.9 Å². The fourth-order valence-electron chi connectivity index (χ4n) is 3.93. The van der Waals surface area contributed by atoms with E-state index in [4.69, 9.17) is 10.1 Å². The molecule has 1 fully saturated rings. The molecule has 1 aliphatic rings. The molecule has 0 aliphatic carbocycles. The normalized spacial score (nSPS) is 16.2. The van der Waals surface area contributed by atoms with Gasteiger partial charge in [0.05, 0.1) is 18.1 Å². The van der Waals surface area contributed by atoms with E-state index in [1.54, 1.807) is 24.5 Å². The number of aromatic nitrogens is 5. The van der Waals surface area contributed by atoms with Crippen molar-refractivity contribution >= 4 is 11.5 Å². The molecule has 7 nitrogen and oxygen atoms in total. The molecule has 1 aromatic carbocycles. The Morgan fingerprint density at radius 1 is 1.00 bits per heavy atom. The van der Waals surface area contributed by atoms with E-state index in [9.17, 15) is 4.39 Å². The van der Waals surface area contributed by atoms with Gasteiger partial charge in [-0.3, -0.25) is 0 Å². The highest BCUT2D eigenvalue weighted by Gasteiger charge is 2.27. The SMILES string of the molecule is CC1(C)CN(c2ccc3nc(-c4ccc(F)cc4)c(-c4ccnnc4)n3n2)CCN1. The van der Waals surface area contributed by atoms with E-state index in [1.807, 2.05) is 22.7 Å². The van der Waals surface area contributed by atoms with Gasteiger partial charge in [0.1, 0.15) is 17.3 Å². The van der Waals surface area contributed by atoms with Crippen molar-refractivity contribution in [2.24, 2.45) is 0 Å². The number of rotatable bonds is 3. The molecule has 0 unspecified atom stereocenters. The number of fused-ring (bicyclic) bond motifs is 1. The molecule has 1 saturated heterocycles. The van der Waals surface area contributed by atoms with Crippen molar-refractivity contribution in [1.29, 1.82) is 0 Å². The third-order valence-electron chi connectivity index (χ3n) is 5.33. The molecule has 30 heavy (non-hydrogen) atoms. The van der Waals surface area contributed by atoms with E-state index in [0.717, 1.165) is 53.6 Å². The van der Waals surface area contributed by atoms with Crippen LogP contribution in [0.1, 0.15) is 13.8 Å². The number of imidazole rings is 1. The van der Waals surface area contributed by atoms with Crippen molar-refractivity contribution in [2.75, 3.05) is 24.5 Å². The molecular weight excluding hydrogens is 381 g/mol. The monoisotopic (exact) mass is 403 g/mol. The van der Waals surface area contributed by atoms with Crippen LogP contribution >= 0.6 is 0 Å². The van der Waals surface area contributed by atoms with Crippen molar-refractivity contribution < 1.29 is 4.39 Å². The van der Waals surface area contributed by atoms with Crippen LogP contribution in [0.4, 0.5) is 10.2 Å². The molecule has 0 saturated carbocycles.